The van der Waals surface area contributed by atoms with E-state index < -0.39 is 11.9 Å². The summed E-state index contributed by atoms with van der Waals surface area (Å²) in [5.41, 5.74) is 0. The van der Waals surface area contributed by atoms with E-state index in [4.69, 9.17) is 14.2 Å². The van der Waals surface area contributed by atoms with Crippen molar-refractivity contribution in [3.8, 4) is 0 Å². The van der Waals surface area contributed by atoms with Crippen molar-refractivity contribution in [1.29, 1.82) is 0 Å². The third-order valence-electron chi connectivity index (χ3n) is 2.13. The Bertz CT molecular complexity index is 260. The lowest BCUT2D eigenvalue weighted by Crippen LogP contribution is -2.08. The Morgan fingerprint density at radius 3 is 2.06 bits per heavy atom. The molecule has 0 aliphatic heterocycles. The monoisotopic (exact) mass is 258 g/mol. The molecule has 0 aliphatic carbocycles. The van der Waals surface area contributed by atoms with Gasteiger partial charge < -0.3 is 14.2 Å². The second-order valence-corrected chi connectivity index (χ2v) is 3.72. The Balaban J connectivity index is 3.57. The van der Waals surface area contributed by atoms with Gasteiger partial charge >= 0.3 is 11.9 Å². The summed E-state index contributed by atoms with van der Waals surface area (Å²) >= 11 is 0. The number of rotatable bonds is 10. The molecule has 0 atom stereocenters. The van der Waals surface area contributed by atoms with E-state index in [1.807, 2.05) is 0 Å². The van der Waals surface area contributed by atoms with Gasteiger partial charge in [0, 0.05) is 19.3 Å². The average Bonchev–Trinajstić information content (AvgIpc) is 2.36. The van der Waals surface area contributed by atoms with Crippen molar-refractivity contribution in [1.82, 2.24) is 0 Å². The quantitative estimate of drug-likeness (QED) is 0.340. The van der Waals surface area contributed by atoms with E-state index >= 15 is 0 Å². The summed E-state index contributed by atoms with van der Waals surface area (Å²) in [6.07, 6.45) is 6.32. The molecule has 0 heterocycles. The van der Waals surface area contributed by atoms with E-state index in [-0.39, 0.29) is 6.61 Å². The lowest BCUT2D eigenvalue weighted by Gasteiger charge is -2.01. The molecule has 104 valence electrons. The predicted molar refractivity (Wildman–Crippen MR) is 67.1 cm³/mol. The Labute approximate surface area is 108 Å². The Hall–Kier alpha value is -1.36. The summed E-state index contributed by atoms with van der Waals surface area (Å²) in [5.74, 6) is -1.09. The van der Waals surface area contributed by atoms with Gasteiger partial charge in [-0.2, -0.15) is 0 Å². The highest BCUT2D eigenvalue weighted by atomic mass is 16.6. The maximum absolute atomic E-state index is 11.2. The molecule has 5 heteroatoms. The van der Waals surface area contributed by atoms with E-state index in [9.17, 15) is 9.59 Å². The van der Waals surface area contributed by atoms with Crippen molar-refractivity contribution < 1.29 is 23.8 Å². The van der Waals surface area contributed by atoms with Gasteiger partial charge in [-0.25, -0.2) is 9.59 Å². The first-order valence-corrected chi connectivity index (χ1v) is 6.21. The molecule has 0 unspecified atom stereocenters. The predicted octanol–water partition coefficient (Wildman–Crippen LogP) is 1.86. The van der Waals surface area contributed by atoms with Crippen LogP contribution in [-0.4, -0.2) is 38.9 Å². The van der Waals surface area contributed by atoms with Crippen molar-refractivity contribution in [2.24, 2.45) is 0 Å². The van der Waals surface area contributed by atoms with Gasteiger partial charge in [0.25, 0.3) is 0 Å². The fraction of sp³-hybridized carbons (Fsp3) is 0.692. The number of carbonyl (C=O) groups excluding carboxylic acids is 2. The van der Waals surface area contributed by atoms with Gasteiger partial charge in [-0.1, -0.05) is 26.2 Å². The van der Waals surface area contributed by atoms with Crippen LogP contribution in [0.5, 0.6) is 0 Å². The van der Waals surface area contributed by atoms with Crippen LogP contribution in [-0.2, 0) is 23.8 Å². The molecule has 18 heavy (non-hydrogen) atoms. The molecule has 0 rings (SSSR count). The number of hydrogen-bond donors (Lipinski definition) is 0. The van der Waals surface area contributed by atoms with Gasteiger partial charge in [-0.15, -0.1) is 0 Å². The van der Waals surface area contributed by atoms with Gasteiger partial charge in [-0.05, 0) is 6.42 Å². The maximum Gasteiger partial charge on any atom is 0.331 e. The third-order valence-corrected chi connectivity index (χ3v) is 2.13. The van der Waals surface area contributed by atoms with Gasteiger partial charge in [0.1, 0.15) is 6.61 Å². The second kappa shape index (κ2) is 12.1. The summed E-state index contributed by atoms with van der Waals surface area (Å²) in [6, 6.07) is 0. The number of methoxy groups -OCH3 is 1. The van der Waals surface area contributed by atoms with Crippen LogP contribution in [0.2, 0.25) is 0 Å². The highest BCUT2D eigenvalue weighted by molar-refractivity contribution is 5.91. The van der Waals surface area contributed by atoms with E-state index in [1.165, 1.54) is 7.11 Å². The molecular weight excluding hydrogens is 236 g/mol. The van der Waals surface area contributed by atoms with E-state index in [2.05, 4.69) is 6.92 Å². The van der Waals surface area contributed by atoms with E-state index in [0.29, 0.717) is 13.2 Å². The Morgan fingerprint density at radius 1 is 0.889 bits per heavy atom. The normalized spacial score (nSPS) is 10.6. The largest absolute Gasteiger partial charge is 0.463 e. The fourth-order valence-electron chi connectivity index (χ4n) is 1.16. The zero-order chi connectivity index (χ0) is 13.6. The summed E-state index contributed by atoms with van der Waals surface area (Å²) in [7, 11) is 1.51. The van der Waals surface area contributed by atoms with Crippen LogP contribution in [0.4, 0.5) is 0 Å². The molecule has 0 amide bonds. The van der Waals surface area contributed by atoms with Gasteiger partial charge in [-0.3, -0.25) is 0 Å². The zero-order valence-electron chi connectivity index (χ0n) is 11.1. The number of unbranched alkanes of at least 4 members (excludes halogenated alkanes) is 3. The Morgan fingerprint density at radius 2 is 1.50 bits per heavy atom. The van der Waals surface area contributed by atoms with Crippen LogP contribution in [0, 0.1) is 0 Å². The van der Waals surface area contributed by atoms with Crippen LogP contribution in [0.1, 0.15) is 32.6 Å². The van der Waals surface area contributed by atoms with E-state index in [0.717, 1.165) is 37.8 Å². The minimum atomic E-state index is -0.574. The van der Waals surface area contributed by atoms with Crippen molar-refractivity contribution in [2.75, 3.05) is 26.9 Å². The minimum Gasteiger partial charge on any atom is -0.463 e. The van der Waals surface area contributed by atoms with Crippen molar-refractivity contribution in [3.05, 3.63) is 12.2 Å². The molecule has 0 bridgehead atoms. The molecule has 0 saturated carbocycles. The maximum atomic E-state index is 11.2. The smallest absolute Gasteiger partial charge is 0.331 e. The van der Waals surface area contributed by atoms with Crippen molar-refractivity contribution in [2.45, 2.75) is 32.6 Å². The molecule has 0 N–H and O–H groups in total. The van der Waals surface area contributed by atoms with Crippen molar-refractivity contribution >= 4 is 11.9 Å². The zero-order valence-corrected chi connectivity index (χ0v) is 11.1. The van der Waals surface area contributed by atoms with Crippen LogP contribution in [0.25, 0.3) is 0 Å². The topological polar surface area (TPSA) is 61.8 Å². The first-order chi connectivity index (χ1) is 8.70. The Kier molecular flexibility index (Phi) is 11.2. The third kappa shape index (κ3) is 11.1. The van der Waals surface area contributed by atoms with Gasteiger partial charge in [0.2, 0.25) is 0 Å². The highest BCUT2D eigenvalue weighted by Gasteiger charge is 2.00. The minimum absolute atomic E-state index is 0.172. The molecule has 0 aromatic heterocycles. The molecule has 0 spiro atoms. The van der Waals surface area contributed by atoms with Crippen LogP contribution in [0.15, 0.2) is 12.2 Å². The lowest BCUT2D eigenvalue weighted by atomic mass is 10.2. The second-order valence-electron chi connectivity index (χ2n) is 3.72. The number of hydrogen-bond acceptors (Lipinski definition) is 5. The first kappa shape index (κ1) is 16.6. The fourth-order valence-corrected chi connectivity index (χ4v) is 1.16. The van der Waals surface area contributed by atoms with Crippen molar-refractivity contribution in [3.63, 3.8) is 0 Å². The van der Waals surface area contributed by atoms with Gasteiger partial charge in [0.15, 0.2) is 0 Å². The first-order valence-electron chi connectivity index (χ1n) is 6.21. The molecule has 0 radical (unpaired) electrons. The summed E-state index contributed by atoms with van der Waals surface area (Å²) in [5, 5.41) is 0. The number of esters is 2. The van der Waals surface area contributed by atoms with Crippen LogP contribution in [0.3, 0.4) is 0 Å². The molecular formula is C13H22O5. The van der Waals surface area contributed by atoms with Crippen LogP contribution >= 0.6 is 0 Å². The average molecular weight is 258 g/mol. The summed E-state index contributed by atoms with van der Waals surface area (Å²) in [4.78, 5) is 22.2. The summed E-state index contributed by atoms with van der Waals surface area (Å²) < 4.78 is 14.3. The molecule has 0 aromatic rings. The molecule has 0 saturated heterocycles. The SMILES string of the molecule is CCCCCCOC(=O)/C=C/C(=O)OCCOC. The summed E-state index contributed by atoms with van der Waals surface area (Å²) in [6.45, 7) is 3.01. The van der Waals surface area contributed by atoms with Gasteiger partial charge in [0.05, 0.1) is 13.2 Å². The molecule has 5 nitrogen and oxygen atoms in total. The standard InChI is InChI=1S/C13H22O5/c1-3-4-5-6-9-17-12(14)7-8-13(15)18-11-10-16-2/h7-8H,3-6,9-11H2,1-2H3/b8-7+. The van der Waals surface area contributed by atoms with E-state index in [1.54, 1.807) is 0 Å². The van der Waals surface area contributed by atoms with Crippen LogP contribution < -0.4 is 0 Å². The lowest BCUT2D eigenvalue weighted by molar-refractivity contribution is -0.141. The molecule has 0 fully saturated rings. The highest BCUT2D eigenvalue weighted by Crippen LogP contribution is 1.99. The number of ether oxygens (including phenoxy) is 3. The molecule has 0 aromatic carbocycles. The molecule has 0 aliphatic rings. The number of carbonyl (C=O) groups is 2.